The average molecular weight is 440 g/mol. The highest BCUT2D eigenvalue weighted by Gasteiger charge is 2.27. The molecule has 1 aliphatic heterocycles. The van der Waals surface area contributed by atoms with Crippen LogP contribution in [0.4, 0.5) is 0 Å². The summed E-state index contributed by atoms with van der Waals surface area (Å²) in [6, 6.07) is 5.94. The van der Waals surface area contributed by atoms with E-state index in [-0.39, 0.29) is 6.04 Å². The van der Waals surface area contributed by atoms with E-state index in [1.54, 1.807) is 4.31 Å². The lowest BCUT2D eigenvalue weighted by Crippen LogP contribution is -2.40. The van der Waals surface area contributed by atoms with Crippen LogP contribution < -0.4 is 5.73 Å². The molecule has 0 aliphatic carbocycles. The lowest BCUT2D eigenvalue weighted by atomic mass is 9.90. The molecule has 0 saturated carbocycles. The maximum absolute atomic E-state index is 11.7. The maximum atomic E-state index is 11.7. The summed E-state index contributed by atoms with van der Waals surface area (Å²) in [5, 5.41) is 0. The summed E-state index contributed by atoms with van der Waals surface area (Å²) in [6.07, 6.45) is 4.02. The van der Waals surface area contributed by atoms with E-state index in [1.807, 2.05) is 18.2 Å². The van der Waals surface area contributed by atoms with Crippen LogP contribution in [0.2, 0.25) is 0 Å². The first-order valence-corrected chi connectivity index (χ1v) is 10.4. The van der Waals surface area contributed by atoms with Crippen LogP contribution >= 0.6 is 31.9 Å². The van der Waals surface area contributed by atoms with Crippen LogP contribution in [0.25, 0.3) is 0 Å². The number of nitrogens with zero attached hydrogens (tertiary/aromatic N) is 1. The minimum atomic E-state index is -3.10. The predicted octanol–water partition coefficient (Wildman–Crippen LogP) is 3.27. The minimum Gasteiger partial charge on any atom is -0.324 e. The quantitative estimate of drug-likeness (QED) is 0.782. The largest absolute Gasteiger partial charge is 0.324 e. The van der Waals surface area contributed by atoms with E-state index in [9.17, 15) is 8.42 Å². The van der Waals surface area contributed by atoms with Crippen molar-refractivity contribution < 1.29 is 8.42 Å². The van der Waals surface area contributed by atoms with Crippen molar-refractivity contribution in [1.82, 2.24) is 4.31 Å². The summed E-state index contributed by atoms with van der Waals surface area (Å²) in [5.74, 6) is 0.321. The molecule has 1 aromatic rings. The molecule has 1 aliphatic rings. The molecule has 0 bridgehead atoms. The van der Waals surface area contributed by atoms with E-state index in [0.29, 0.717) is 19.0 Å². The van der Waals surface area contributed by atoms with Crippen molar-refractivity contribution in [2.24, 2.45) is 11.7 Å². The van der Waals surface area contributed by atoms with Crippen LogP contribution in [0.5, 0.6) is 0 Å². The molecule has 1 aromatic carbocycles. The van der Waals surface area contributed by atoms with Gasteiger partial charge in [0.15, 0.2) is 0 Å². The van der Waals surface area contributed by atoms with Crippen LogP contribution in [-0.2, 0) is 10.0 Å². The molecule has 2 N–H and O–H groups in total. The molecule has 0 radical (unpaired) electrons. The van der Waals surface area contributed by atoms with Crippen LogP contribution in [0.3, 0.4) is 0 Å². The fraction of sp³-hybridized carbons (Fsp3) is 0.571. The Labute approximate surface area is 143 Å². The van der Waals surface area contributed by atoms with E-state index in [1.165, 1.54) is 6.26 Å². The third-order valence-corrected chi connectivity index (χ3v) is 6.04. The van der Waals surface area contributed by atoms with E-state index < -0.39 is 10.0 Å². The number of hydrogen-bond acceptors (Lipinski definition) is 3. The standard InChI is InChI=1S/C14H20Br2N2O2S/c1-21(19,20)18-4-2-3-10(9-18)5-14(17)11-6-12(15)8-13(16)7-11/h6-8,10,14H,2-5,9,17H2,1H3. The van der Waals surface area contributed by atoms with Crippen LogP contribution in [0.15, 0.2) is 27.1 Å². The highest BCUT2D eigenvalue weighted by atomic mass is 79.9. The van der Waals surface area contributed by atoms with E-state index in [2.05, 4.69) is 31.9 Å². The van der Waals surface area contributed by atoms with Gasteiger partial charge in [-0.2, -0.15) is 0 Å². The van der Waals surface area contributed by atoms with Gasteiger partial charge >= 0.3 is 0 Å². The van der Waals surface area contributed by atoms with Gasteiger partial charge in [-0.25, -0.2) is 12.7 Å². The van der Waals surface area contributed by atoms with Crippen LogP contribution in [-0.4, -0.2) is 32.1 Å². The SMILES string of the molecule is CS(=O)(=O)N1CCCC(CC(N)c2cc(Br)cc(Br)c2)C1. The minimum absolute atomic E-state index is 0.0803. The van der Waals surface area contributed by atoms with Gasteiger partial charge in [-0.3, -0.25) is 0 Å². The lowest BCUT2D eigenvalue weighted by molar-refractivity contribution is 0.247. The Morgan fingerprint density at radius 3 is 2.52 bits per heavy atom. The molecule has 21 heavy (non-hydrogen) atoms. The molecule has 2 unspecified atom stereocenters. The number of sulfonamides is 1. The molecule has 4 nitrogen and oxygen atoms in total. The summed E-state index contributed by atoms with van der Waals surface area (Å²) in [4.78, 5) is 0. The monoisotopic (exact) mass is 438 g/mol. The smallest absolute Gasteiger partial charge is 0.211 e. The second kappa shape index (κ2) is 7.08. The second-order valence-electron chi connectivity index (χ2n) is 5.67. The normalized spacial score (nSPS) is 22.2. The van der Waals surface area contributed by atoms with Gasteiger partial charge in [0.25, 0.3) is 0 Å². The molecule has 118 valence electrons. The Hall–Kier alpha value is 0.0500. The third kappa shape index (κ3) is 5.03. The Balaban J connectivity index is 2.03. The van der Waals surface area contributed by atoms with Crippen molar-refractivity contribution in [2.45, 2.75) is 25.3 Å². The molecule has 0 spiro atoms. The van der Waals surface area contributed by atoms with Crippen LogP contribution in [0.1, 0.15) is 30.9 Å². The van der Waals surface area contributed by atoms with Crippen molar-refractivity contribution in [2.75, 3.05) is 19.3 Å². The molecule has 2 rings (SSSR count). The first kappa shape index (κ1) is 17.4. The van der Waals surface area contributed by atoms with Crippen molar-refractivity contribution in [3.05, 3.63) is 32.7 Å². The van der Waals surface area contributed by atoms with Crippen molar-refractivity contribution >= 4 is 41.9 Å². The zero-order valence-electron chi connectivity index (χ0n) is 11.9. The second-order valence-corrected chi connectivity index (χ2v) is 9.49. The number of benzene rings is 1. The van der Waals surface area contributed by atoms with Gasteiger partial charge in [-0.15, -0.1) is 0 Å². The number of halogens is 2. The molecular formula is C14H20Br2N2O2S. The summed E-state index contributed by atoms with van der Waals surface area (Å²) >= 11 is 6.94. The first-order chi connectivity index (χ1) is 9.75. The molecule has 0 aromatic heterocycles. The summed E-state index contributed by atoms with van der Waals surface area (Å²) in [7, 11) is -3.10. The fourth-order valence-corrected chi connectivity index (χ4v) is 5.08. The van der Waals surface area contributed by atoms with Gasteiger partial charge < -0.3 is 5.73 Å². The van der Waals surface area contributed by atoms with Gasteiger partial charge in [0.05, 0.1) is 6.26 Å². The van der Waals surface area contributed by atoms with Gasteiger partial charge in [-0.1, -0.05) is 31.9 Å². The Morgan fingerprint density at radius 2 is 1.95 bits per heavy atom. The molecule has 1 fully saturated rings. The molecule has 0 amide bonds. The van der Waals surface area contributed by atoms with Crippen LogP contribution in [0, 0.1) is 5.92 Å². The van der Waals surface area contributed by atoms with Gasteiger partial charge in [0.2, 0.25) is 10.0 Å². The lowest BCUT2D eigenvalue weighted by Gasteiger charge is -2.32. The molecule has 1 saturated heterocycles. The molecule has 2 atom stereocenters. The Bertz CT molecular complexity index is 587. The zero-order valence-corrected chi connectivity index (χ0v) is 15.9. The summed E-state index contributed by atoms with van der Waals surface area (Å²) in [6.45, 7) is 1.22. The van der Waals surface area contributed by atoms with Crippen molar-refractivity contribution in [1.29, 1.82) is 0 Å². The highest BCUT2D eigenvalue weighted by Crippen LogP contribution is 2.30. The molecular weight excluding hydrogens is 420 g/mol. The number of nitrogens with two attached hydrogens (primary N) is 1. The zero-order chi connectivity index (χ0) is 15.6. The fourth-order valence-electron chi connectivity index (χ4n) is 2.80. The summed E-state index contributed by atoms with van der Waals surface area (Å²) in [5.41, 5.74) is 7.37. The highest BCUT2D eigenvalue weighted by molar-refractivity contribution is 9.11. The van der Waals surface area contributed by atoms with Crippen molar-refractivity contribution in [3.8, 4) is 0 Å². The Kier molecular flexibility index (Phi) is 5.87. The number of piperidine rings is 1. The third-order valence-electron chi connectivity index (χ3n) is 3.85. The predicted molar refractivity (Wildman–Crippen MR) is 92.5 cm³/mol. The molecule has 1 heterocycles. The first-order valence-electron chi connectivity index (χ1n) is 6.92. The molecule has 7 heteroatoms. The van der Waals surface area contributed by atoms with Gasteiger partial charge in [0, 0.05) is 28.1 Å². The van der Waals surface area contributed by atoms with E-state index >= 15 is 0 Å². The number of rotatable bonds is 4. The topological polar surface area (TPSA) is 63.4 Å². The number of hydrogen-bond donors (Lipinski definition) is 1. The van der Waals surface area contributed by atoms with Gasteiger partial charge in [-0.05, 0) is 48.9 Å². The maximum Gasteiger partial charge on any atom is 0.211 e. The average Bonchev–Trinajstić information content (AvgIpc) is 2.37. The van der Waals surface area contributed by atoms with E-state index in [4.69, 9.17) is 5.73 Å². The van der Waals surface area contributed by atoms with Crippen molar-refractivity contribution in [3.63, 3.8) is 0 Å². The van der Waals surface area contributed by atoms with E-state index in [0.717, 1.165) is 33.8 Å². The Morgan fingerprint density at radius 1 is 1.33 bits per heavy atom. The van der Waals surface area contributed by atoms with Gasteiger partial charge in [0.1, 0.15) is 0 Å². The summed E-state index contributed by atoms with van der Waals surface area (Å²) < 4.78 is 26.9.